The normalized spacial score (nSPS) is 32.6. The molecule has 244 valence electrons. The minimum Gasteiger partial charge on any atom is -0.471 e. The summed E-state index contributed by atoms with van der Waals surface area (Å²) < 4.78 is 43.0. The molecule has 4 aliphatic rings. The van der Waals surface area contributed by atoms with Gasteiger partial charge in [0.25, 0.3) is 0 Å². The Hall–Kier alpha value is -3.37. The predicted octanol–water partition coefficient (Wildman–Crippen LogP) is 5.76. The number of nitrogens with zero attached hydrogens (tertiary/aromatic N) is 3. The SMILES string of the molecule is C[C@@H]1[C@@H]2CN(C(=O)[C@H](C(C)(C)C)CC(=O)O[C@@H]3CC4CC4[C@H]3CCCCCc3nc4ccc(OC(F)F)cc4nc3O2)[C@@H]1C=O. The van der Waals surface area contributed by atoms with Gasteiger partial charge in [-0.05, 0) is 67.4 Å². The Bertz CT molecular complexity index is 1450. The van der Waals surface area contributed by atoms with Crippen molar-refractivity contribution in [2.75, 3.05) is 6.54 Å². The van der Waals surface area contributed by atoms with Crippen molar-refractivity contribution in [3.05, 3.63) is 23.9 Å². The Balaban J connectivity index is 1.34. The van der Waals surface area contributed by atoms with Gasteiger partial charge in [0, 0.05) is 12.0 Å². The van der Waals surface area contributed by atoms with Crippen molar-refractivity contribution in [2.45, 2.75) is 104 Å². The van der Waals surface area contributed by atoms with E-state index in [1.807, 2.05) is 27.7 Å². The summed E-state index contributed by atoms with van der Waals surface area (Å²) in [5.41, 5.74) is 0.968. The maximum absolute atomic E-state index is 14.1. The van der Waals surface area contributed by atoms with Crippen LogP contribution in [0.3, 0.4) is 0 Å². The summed E-state index contributed by atoms with van der Waals surface area (Å²) in [4.78, 5) is 50.9. The molecular formula is C34H43F2N3O6. The standard InChI is InChI=1S/C34H43F2N3O6/c1-18-27(17-40)39-16-29(18)45-31-25(37-24-11-10-20(43-33(35)36)14-26(24)38-31)9-7-5-6-8-21-22-12-19(22)13-28(21)44-30(41)15-23(32(39)42)34(2,3)4/h10-11,14,17-19,21-23,27-29,33H,5-9,12-13,15-16H2,1-4H3/t18-,19?,21+,22?,23+,27+,28+,29-/m0/s1. The van der Waals surface area contributed by atoms with Gasteiger partial charge in [0.1, 0.15) is 29.9 Å². The van der Waals surface area contributed by atoms with Crippen LogP contribution in [0.2, 0.25) is 0 Å². The van der Waals surface area contributed by atoms with Crippen molar-refractivity contribution in [1.29, 1.82) is 0 Å². The van der Waals surface area contributed by atoms with Crippen LogP contribution in [-0.2, 0) is 25.5 Å². The van der Waals surface area contributed by atoms with Crippen molar-refractivity contribution in [3.63, 3.8) is 0 Å². The van der Waals surface area contributed by atoms with E-state index in [4.69, 9.17) is 19.4 Å². The van der Waals surface area contributed by atoms with Crippen LogP contribution in [0.1, 0.15) is 78.3 Å². The first kappa shape index (κ1) is 31.6. The van der Waals surface area contributed by atoms with E-state index >= 15 is 0 Å². The Morgan fingerprint density at radius 1 is 1.02 bits per heavy atom. The van der Waals surface area contributed by atoms with Crippen LogP contribution >= 0.6 is 0 Å². The maximum Gasteiger partial charge on any atom is 0.387 e. The number of aromatic nitrogens is 2. The van der Waals surface area contributed by atoms with E-state index in [1.165, 1.54) is 23.5 Å². The number of fused-ring (bicyclic) bond motifs is 7. The number of halogens is 2. The lowest BCUT2D eigenvalue weighted by atomic mass is 9.77. The van der Waals surface area contributed by atoms with Gasteiger partial charge in [0.15, 0.2) is 0 Å². The number of hydrogen-bond donors (Lipinski definition) is 0. The molecule has 2 aliphatic carbocycles. The number of esters is 1. The maximum atomic E-state index is 14.1. The van der Waals surface area contributed by atoms with Gasteiger partial charge in [-0.1, -0.05) is 40.5 Å². The van der Waals surface area contributed by atoms with E-state index in [-0.39, 0.29) is 48.5 Å². The molecule has 9 nitrogen and oxygen atoms in total. The van der Waals surface area contributed by atoms with Crippen molar-refractivity contribution in [1.82, 2.24) is 14.9 Å². The molecule has 45 heavy (non-hydrogen) atoms. The molecule has 0 radical (unpaired) electrons. The minimum atomic E-state index is -2.97. The zero-order valence-corrected chi connectivity index (χ0v) is 26.4. The van der Waals surface area contributed by atoms with Gasteiger partial charge in [0.2, 0.25) is 11.8 Å². The van der Waals surface area contributed by atoms with Gasteiger partial charge in [0.05, 0.1) is 36.0 Å². The summed E-state index contributed by atoms with van der Waals surface area (Å²) in [5, 5.41) is 0. The molecule has 0 spiro atoms. The summed E-state index contributed by atoms with van der Waals surface area (Å²) >= 11 is 0. The second-order valence-electron chi connectivity index (χ2n) is 14.4. The molecule has 8 atom stereocenters. The highest BCUT2D eigenvalue weighted by molar-refractivity contribution is 5.87. The highest BCUT2D eigenvalue weighted by atomic mass is 19.3. The Morgan fingerprint density at radius 2 is 1.82 bits per heavy atom. The second kappa shape index (κ2) is 12.4. The van der Waals surface area contributed by atoms with Gasteiger partial charge in [-0.3, -0.25) is 9.59 Å². The number of hydrogen-bond acceptors (Lipinski definition) is 8. The summed E-state index contributed by atoms with van der Waals surface area (Å²) in [7, 11) is 0. The summed E-state index contributed by atoms with van der Waals surface area (Å²) in [6.07, 6.45) is 6.48. The van der Waals surface area contributed by atoms with Crippen molar-refractivity contribution < 1.29 is 37.4 Å². The van der Waals surface area contributed by atoms with Gasteiger partial charge in [-0.15, -0.1) is 0 Å². The first-order valence-corrected chi connectivity index (χ1v) is 16.3. The zero-order valence-electron chi connectivity index (χ0n) is 26.4. The molecule has 2 unspecified atom stereocenters. The van der Waals surface area contributed by atoms with E-state index in [9.17, 15) is 23.2 Å². The molecule has 2 bridgehead atoms. The average Bonchev–Trinajstić information content (AvgIpc) is 3.55. The summed E-state index contributed by atoms with van der Waals surface area (Å²) in [6.45, 7) is 4.79. The van der Waals surface area contributed by atoms with Crippen molar-refractivity contribution in [3.8, 4) is 11.6 Å². The lowest BCUT2D eigenvalue weighted by Gasteiger charge is -2.34. The Kier molecular flexibility index (Phi) is 8.73. The van der Waals surface area contributed by atoms with E-state index in [0.717, 1.165) is 38.4 Å². The van der Waals surface area contributed by atoms with Crippen molar-refractivity contribution >= 4 is 29.2 Å². The number of alkyl halides is 2. The van der Waals surface area contributed by atoms with E-state index in [1.54, 1.807) is 6.07 Å². The van der Waals surface area contributed by atoms with E-state index in [2.05, 4.69) is 4.74 Å². The Morgan fingerprint density at radius 3 is 2.56 bits per heavy atom. The summed E-state index contributed by atoms with van der Waals surface area (Å²) in [5.74, 6) is 0.115. The van der Waals surface area contributed by atoms with Crippen LogP contribution in [0.4, 0.5) is 8.78 Å². The van der Waals surface area contributed by atoms with Crippen LogP contribution in [0.25, 0.3) is 11.0 Å². The monoisotopic (exact) mass is 627 g/mol. The second-order valence-corrected chi connectivity index (χ2v) is 14.4. The van der Waals surface area contributed by atoms with Crippen LogP contribution < -0.4 is 9.47 Å². The molecule has 1 aromatic carbocycles. The summed E-state index contributed by atoms with van der Waals surface area (Å²) in [6, 6.07) is 3.70. The Labute approximate surface area is 262 Å². The molecule has 6 rings (SSSR count). The minimum absolute atomic E-state index is 0.0335. The third kappa shape index (κ3) is 6.63. The number of carbonyl (C=O) groups is 3. The first-order chi connectivity index (χ1) is 21.4. The fourth-order valence-corrected chi connectivity index (χ4v) is 7.74. The van der Waals surface area contributed by atoms with Crippen molar-refractivity contribution in [2.24, 2.45) is 35.0 Å². The third-order valence-electron chi connectivity index (χ3n) is 10.4. The molecule has 1 amide bonds. The fraction of sp³-hybridized carbons (Fsp3) is 0.676. The number of ether oxygens (including phenoxy) is 3. The van der Waals surface area contributed by atoms with Gasteiger partial charge >= 0.3 is 12.6 Å². The number of carbonyl (C=O) groups excluding carboxylic acids is 3. The topological polar surface area (TPSA) is 108 Å². The zero-order chi connectivity index (χ0) is 32.0. The highest BCUT2D eigenvalue weighted by Gasteiger charge is 2.54. The lowest BCUT2D eigenvalue weighted by molar-refractivity contribution is -0.158. The number of amides is 1. The van der Waals surface area contributed by atoms with Gasteiger partial charge in [-0.2, -0.15) is 8.78 Å². The van der Waals surface area contributed by atoms with E-state index < -0.39 is 30.1 Å². The third-order valence-corrected chi connectivity index (χ3v) is 10.4. The number of rotatable bonds is 3. The lowest BCUT2D eigenvalue weighted by Crippen LogP contribution is -2.46. The fourth-order valence-electron chi connectivity index (χ4n) is 7.74. The molecule has 2 aromatic rings. The quantitative estimate of drug-likeness (QED) is 0.312. The number of benzene rings is 1. The average molecular weight is 628 g/mol. The molecule has 2 saturated carbocycles. The first-order valence-electron chi connectivity index (χ1n) is 16.3. The van der Waals surface area contributed by atoms with Gasteiger partial charge in [-0.25, -0.2) is 9.97 Å². The molecular weight excluding hydrogens is 584 g/mol. The van der Waals surface area contributed by atoms with E-state index in [0.29, 0.717) is 40.9 Å². The molecule has 0 N–H and O–H groups in total. The van der Waals surface area contributed by atoms with Crippen LogP contribution in [0, 0.1) is 35.0 Å². The smallest absolute Gasteiger partial charge is 0.387 e. The highest BCUT2D eigenvalue weighted by Crippen LogP contribution is 2.58. The van der Waals surface area contributed by atoms with Crippen LogP contribution in [0.15, 0.2) is 18.2 Å². The molecule has 2 aliphatic heterocycles. The number of aldehydes is 1. The van der Waals surface area contributed by atoms with Crippen LogP contribution in [0.5, 0.6) is 11.6 Å². The molecule has 3 heterocycles. The largest absolute Gasteiger partial charge is 0.471 e. The molecule has 1 aromatic heterocycles. The number of aryl methyl sites for hydroxylation is 1. The molecule has 11 heteroatoms. The predicted molar refractivity (Wildman–Crippen MR) is 161 cm³/mol. The molecule has 3 fully saturated rings. The van der Waals surface area contributed by atoms with Gasteiger partial charge < -0.3 is 23.9 Å². The van der Waals surface area contributed by atoms with Crippen LogP contribution in [-0.4, -0.2) is 64.4 Å². The molecule has 1 saturated heterocycles.